The van der Waals surface area contributed by atoms with Crippen LogP contribution in [0.1, 0.15) is 5.56 Å². The fraction of sp³-hybridized carbons (Fsp3) is 0.250. The van der Waals surface area contributed by atoms with Crippen molar-refractivity contribution in [3.8, 4) is 0 Å². The van der Waals surface area contributed by atoms with Gasteiger partial charge in [-0.05, 0) is 17.7 Å². The van der Waals surface area contributed by atoms with Crippen LogP contribution in [0, 0.1) is 5.82 Å². The first-order chi connectivity index (χ1) is 5.33. The minimum absolute atomic E-state index is 0.222. The van der Waals surface area contributed by atoms with Crippen molar-refractivity contribution in [3.05, 3.63) is 35.6 Å². The lowest BCUT2D eigenvalue weighted by molar-refractivity contribution is 0.172. The standard InChI is InChI=1S/C8H8BrFO/c9-6-11-5-7-2-1-3-8(10)4-7/h1-4H,5-6H2. The third-order valence-electron chi connectivity index (χ3n) is 1.23. The molecule has 1 nitrogen and oxygen atoms in total. The van der Waals surface area contributed by atoms with Gasteiger partial charge in [0.2, 0.25) is 0 Å². The lowest BCUT2D eigenvalue weighted by Gasteiger charge is -1.99. The first-order valence-corrected chi connectivity index (χ1v) is 4.33. The summed E-state index contributed by atoms with van der Waals surface area (Å²) in [6, 6.07) is 6.37. The molecule has 0 atom stereocenters. The molecule has 0 unspecified atom stereocenters. The van der Waals surface area contributed by atoms with Crippen LogP contribution in [0.5, 0.6) is 0 Å². The topological polar surface area (TPSA) is 9.23 Å². The fourth-order valence-electron chi connectivity index (χ4n) is 0.783. The van der Waals surface area contributed by atoms with E-state index in [0.717, 1.165) is 5.56 Å². The van der Waals surface area contributed by atoms with E-state index in [1.807, 2.05) is 6.07 Å². The molecule has 0 aliphatic rings. The van der Waals surface area contributed by atoms with Gasteiger partial charge >= 0.3 is 0 Å². The summed E-state index contributed by atoms with van der Waals surface area (Å²) in [5, 5.41) is 0. The van der Waals surface area contributed by atoms with E-state index in [9.17, 15) is 4.39 Å². The van der Waals surface area contributed by atoms with Gasteiger partial charge in [-0.15, -0.1) is 0 Å². The minimum atomic E-state index is -0.222. The van der Waals surface area contributed by atoms with Crippen molar-refractivity contribution >= 4 is 15.9 Å². The monoisotopic (exact) mass is 218 g/mol. The van der Waals surface area contributed by atoms with Gasteiger partial charge in [-0.25, -0.2) is 4.39 Å². The zero-order valence-electron chi connectivity index (χ0n) is 5.89. The molecule has 0 aliphatic carbocycles. The normalized spacial score (nSPS) is 10.0. The molecule has 0 spiro atoms. The Labute approximate surface area is 73.3 Å². The Morgan fingerprint density at radius 1 is 1.45 bits per heavy atom. The fourth-order valence-corrected chi connectivity index (χ4v) is 0.945. The quantitative estimate of drug-likeness (QED) is 0.710. The van der Waals surface area contributed by atoms with Crippen molar-refractivity contribution in [1.29, 1.82) is 0 Å². The van der Waals surface area contributed by atoms with Crippen molar-refractivity contribution < 1.29 is 9.13 Å². The summed E-state index contributed by atoms with van der Waals surface area (Å²) < 4.78 is 17.6. The molecule has 0 saturated carbocycles. The van der Waals surface area contributed by atoms with Crippen molar-refractivity contribution in [2.75, 3.05) is 5.52 Å². The Kier molecular flexibility index (Phi) is 3.52. The van der Waals surface area contributed by atoms with Crippen molar-refractivity contribution in [2.24, 2.45) is 0 Å². The number of halogens is 2. The summed E-state index contributed by atoms with van der Waals surface area (Å²) in [6.07, 6.45) is 0. The van der Waals surface area contributed by atoms with Gasteiger partial charge in [-0.1, -0.05) is 28.1 Å². The van der Waals surface area contributed by atoms with Crippen LogP contribution < -0.4 is 0 Å². The summed E-state index contributed by atoms with van der Waals surface area (Å²) in [5.41, 5.74) is 1.33. The molecule has 1 aromatic carbocycles. The smallest absolute Gasteiger partial charge is 0.123 e. The molecule has 1 aromatic rings. The number of rotatable bonds is 3. The molecule has 0 saturated heterocycles. The SMILES string of the molecule is Fc1cccc(COCBr)c1. The van der Waals surface area contributed by atoms with Crippen molar-refractivity contribution in [3.63, 3.8) is 0 Å². The van der Waals surface area contributed by atoms with Crippen LogP contribution in [0.25, 0.3) is 0 Å². The maximum Gasteiger partial charge on any atom is 0.123 e. The molecule has 0 radical (unpaired) electrons. The minimum Gasteiger partial charge on any atom is -0.366 e. The van der Waals surface area contributed by atoms with E-state index >= 15 is 0 Å². The molecule has 0 fully saturated rings. The first-order valence-electron chi connectivity index (χ1n) is 3.21. The largest absolute Gasteiger partial charge is 0.366 e. The first kappa shape index (κ1) is 8.68. The van der Waals surface area contributed by atoms with Crippen LogP contribution in [-0.4, -0.2) is 5.52 Å². The summed E-state index contributed by atoms with van der Waals surface area (Å²) >= 11 is 3.11. The molecule has 60 valence electrons. The summed E-state index contributed by atoms with van der Waals surface area (Å²) in [4.78, 5) is 0. The molecule has 11 heavy (non-hydrogen) atoms. The van der Waals surface area contributed by atoms with Gasteiger partial charge < -0.3 is 4.74 Å². The Hall–Kier alpha value is -0.410. The highest BCUT2D eigenvalue weighted by atomic mass is 79.9. The van der Waals surface area contributed by atoms with Gasteiger partial charge in [0.05, 0.1) is 6.61 Å². The Balaban J connectivity index is 2.56. The van der Waals surface area contributed by atoms with Gasteiger partial charge in [0.15, 0.2) is 0 Å². The third-order valence-corrected chi connectivity index (χ3v) is 1.56. The number of hydrogen-bond acceptors (Lipinski definition) is 1. The predicted octanol–water partition coefficient (Wildman–Crippen LogP) is 2.69. The van der Waals surface area contributed by atoms with Crippen LogP contribution in [-0.2, 0) is 11.3 Å². The van der Waals surface area contributed by atoms with E-state index in [4.69, 9.17) is 4.74 Å². The van der Waals surface area contributed by atoms with Crippen molar-refractivity contribution in [1.82, 2.24) is 0 Å². The third kappa shape index (κ3) is 2.99. The number of hydrogen-bond donors (Lipinski definition) is 0. The summed E-state index contributed by atoms with van der Waals surface area (Å²) in [7, 11) is 0. The van der Waals surface area contributed by atoms with Crippen LogP contribution in [0.3, 0.4) is 0 Å². The molecule has 1 rings (SSSR count). The van der Waals surface area contributed by atoms with Crippen LogP contribution >= 0.6 is 15.9 Å². The highest BCUT2D eigenvalue weighted by Crippen LogP contribution is 2.04. The molecule has 0 amide bonds. The molecule has 0 bridgehead atoms. The van der Waals surface area contributed by atoms with Crippen LogP contribution in [0.4, 0.5) is 4.39 Å². The van der Waals surface area contributed by atoms with E-state index in [2.05, 4.69) is 15.9 Å². The molecular weight excluding hydrogens is 211 g/mol. The van der Waals surface area contributed by atoms with E-state index in [1.54, 1.807) is 6.07 Å². The highest BCUT2D eigenvalue weighted by Gasteiger charge is 1.93. The van der Waals surface area contributed by atoms with Crippen LogP contribution in [0.15, 0.2) is 24.3 Å². The number of benzene rings is 1. The van der Waals surface area contributed by atoms with Gasteiger partial charge in [0.25, 0.3) is 0 Å². The summed E-state index contributed by atoms with van der Waals surface area (Å²) in [6.45, 7) is 0.447. The molecule has 3 heteroatoms. The lowest BCUT2D eigenvalue weighted by atomic mass is 10.2. The molecule has 0 heterocycles. The lowest BCUT2D eigenvalue weighted by Crippen LogP contribution is -1.90. The van der Waals surface area contributed by atoms with E-state index in [-0.39, 0.29) is 5.82 Å². The molecule has 0 aromatic heterocycles. The van der Waals surface area contributed by atoms with Gasteiger partial charge in [-0.3, -0.25) is 0 Å². The van der Waals surface area contributed by atoms with E-state index in [1.165, 1.54) is 12.1 Å². The maximum absolute atomic E-state index is 12.5. The van der Waals surface area contributed by atoms with E-state index < -0.39 is 0 Å². The van der Waals surface area contributed by atoms with Crippen molar-refractivity contribution in [2.45, 2.75) is 6.61 Å². The van der Waals surface area contributed by atoms with Crippen LogP contribution in [0.2, 0.25) is 0 Å². The zero-order chi connectivity index (χ0) is 8.10. The summed E-state index contributed by atoms with van der Waals surface area (Å²) in [5.74, 6) is -0.222. The average Bonchev–Trinajstić information content (AvgIpc) is 2.01. The average molecular weight is 219 g/mol. The molecule has 0 aliphatic heterocycles. The highest BCUT2D eigenvalue weighted by molar-refractivity contribution is 9.09. The molecular formula is C8H8BrFO. The Morgan fingerprint density at radius 3 is 2.91 bits per heavy atom. The second kappa shape index (κ2) is 4.46. The Morgan fingerprint density at radius 2 is 2.27 bits per heavy atom. The molecule has 0 N–H and O–H groups in total. The number of alkyl halides is 1. The maximum atomic E-state index is 12.5. The predicted molar refractivity (Wildman–Crippen MR) is 45.0 cm³/mol. The van der Waals surface area contributed by atoms with Gasteiger partial charge in [0, 0.05) is 0 Å². The zero-order valence-corrected chi connectivity index (χ0v) is 7.47. The van der Waals surface area contributed by atoms with E-state index in [0.29, 0.717) is 12.1 Å². The Bertz CT molecular complexity index is 227. The van der Waals surface area contributed by atoms with Gasteiger partial charge in [-0.2, -0.15) is 0 Å². The van der Waals surface area contributed by atoms with Gasteiger partial charge in [0.1, 0.15) is 11.3 Å². The second-order valence-electron chi connectivity index (χ2n) is 2.09. The second-order valence-corrected chi connectivity index (χ2v) is 2.55. The number of ether oxygens (including phenoxy) is 1.